The molecule has 31 heteroatoms. The second-order valence-corrected chi connectivity index (χ2v) is 33.9. The Morgan fingerprint density at radius 1 is 0.849 bits per heavy atom. The van der Waals surface area contributed by atoms with Gasteiger partial charge in [-0.1, -0.05) is 107 Å². The van der Waals surface area contributed by atoms with Gasteiger partial charge in [0.05, 0.1) is 65.8 Å². The Balaban J connectivity index is 1.00. The van der Waals surface area contributed by atoms with E-state index in [1.807, 2.05) is 113 Å². The Kier molecular flexibility index (Phi) is 19.2. The van der Waals surface area contributed by atoms with Crippen LogP contribution in [0.2, 0.25) is 18.1 Å². The largest absolute Gasteiger partial charge is 0.497 e. The number of anilines is 2. The molecule has 7 heterocycles. The number of methoxy groups -OCH3 is 2. The summed E-state index contributed by atoms with van der Waals surface area (Å²) < 4.78 is 83.9. The number of fused-ring (bicyclic) bond motifs is 4. The first kappa shape index (κ1) is 66.9. The van der Waals surface area contributed by atoms with E-state index in [4.69, 9.17) is 58.2 Å². The smallest absolute Gasteiger partial charge is 0.334 e. The Morgan fingerprint density at radius 2 is 1.46 bits per heavy atom. The number of nitrogens with zero attached hydrogens (tertiary/aromatic N) is 8. The van der Waals surface area contributed by atoms with Gasteiger partial charge >= 0.3 is 14.3 Å². The number of benzene rings is 4. The normalized spacial score (nSPS) is 22.2. The van der Waals surface area contributed by atoms with E-state index in [9.17, 15) is 34.0 Å². The first-order valence-electron chi connectivity index (χ1n) is 29.7. The first-order chi connectivity index (χ1) is 44.3. The minimum Gasteiger partial charge on any atom is -0.497 e. The SMILES string of the molecule is COc1ccc(C(OC[C@@]23CO[C@@H]([C@H](n4cnc5c(NC(=O)c6ccccc6)ncnc54)O2)[C@@H]3OP(=S)(OCCC#N)OC[C@H]2O[C@@H](n3cnc4c(=O)[nH]c(NC(=O)C(C)C)nc43)[C@@H](O[Si](C)(C)C(C)(C)C)[C@@H]2P(=O)(O)O)(c2ccccc2)c2ccc(OC)cc2)cc1. The third kappa shape index (κ3) is 13.4. The summed E-state index contributed by atoms with van der Waals surface area (Å²) in [5.74, 6) is -0.293. The number of carbonyl (C=O) groups is 2. The van der Waals surface area contributed by atoms with Crippen molar-refractivity contribution in [2.24, 2.45) is 5.92 Å². The van der Waals surface area contributed by atoms with Crippen LogP contribution in [0.25, 0.3) is 22.3 Å². The fraction of sp³-hybridized carbons (Fsp3) is 0.403. The van der Waals surface area contributed by atoms with Gasteiger partial charge in [-0.05, 0) is 83.0 Å². The van der Waals surface area contributed by atoms with Crippen LogP contribution in [0.5, 0.6) is 11.5 Å². The van der Waals surface area contributed by atoms with Crippen LogP contribution in [0.4, 0.5) is 11.8 Å². The lowest BCUT2D eigenvalue weighted by atomic mass is 9.79. The van der Waals surface area contributed by atoms with Gasteiger partial charge in [0.25, 0.3) is 11.5 Å². The molecule has 4 aromatic heterocycles. The lowest BCUT2D eigenvalue weighted by Gasteiger charge is -2.41. The predicted octanol–water partition coefficient (Wildman–Crippen LogP) is 8.89. The summed E-state index contributed by atoms with van der Waals surface area (Å²) in [5.41, 5.74) is -2.93. The summed E-state index contributed by atoms with van der Waals surface area (Å²) in [6.45, 7) is 7.13. The van der Waals surface area contributed by atoms with E-state index in [0.29, 0.717) is 33.8 Å². The van der Waals surface area contributed by atoms with E-state index in [1.165, 1.54) is 23.5 Å². The van der Waals surface area contributed by atoms with Gasteiger partial charge in [0.15, 0.2) is 48.9 Å². The van der Waals surface area contributed by atoms with Crippen molar-refractivity contribution in [2.45, 2.75) is 113 Å². The Labute approximate surface area is 540 Å². The average Bonchev–Trinajstić information content (AvgIpc) is 1.44. The van der Waals surface area contributed by atoms with Crippen LogP contribution >= 0.6 is 14.3 Å². The van der Waals surface area contributed by atoms with Gasteiger partial charge in [-0.2, -0.15) is 10.2 Å². The number of nitrogens with one attached hydrogen (secondary N) is 3. The molecule has 93 heavy (non-hydrogen) atoms. The molecule has 0 radical (unpaired) electrons. The monoisotopic (exact) mass is 1350 g/mol. The number of hydrogen-bond donors (Lipinski definition) is 5. The molecule has 2 bridgehead atoms. The van der Waals surface area contributed by atoms with Crippen LogP contribution in [0, 0.1) is 17.2 Å². The molecular weight excluding hydrogens is 1280 g/mol. The second kappa shape index (κ2) is 26.7. The fourth-order valence-corrected chi connectivity index (χ4v) is 16.0. The summed E-state index contributed by atoms with van der Waals surface area (Å²) in [6, 6.07) is 35.1. The van der Waals surface area contributed by atoms with E-state index in [0.717, 1.165) is 0 Å². The summed E-state index contributed by atoms with van der Waals surface area (Å²) in [7, 11) is -5.18. The molecule has 27 nitrogen and oxygen atoms in total. The van der Waals surface area contributed by atoms with E-state index < -0.39 is 111 Å². The van der Waals surface area contributed by atoms with Crippen molar-refractivity contribution in [3.8, 4) is 17.6 Å². The number of amides is 2. The van der Waals surface area contributed by atoms with Crippen molar-refractivity contribution in [3.63, 3.8) is 0 Å². The van der Waals surface area contributed by atoms with Crippen molar-refractivity contribution in [3.05, 3.63) is 161 Å². The number of imidazole rings is 2. The number of aromatic amines is 1. The van der Waals surface area contributed by atoms with Gasteiger partial charge in [0.1, 0.15) is 59.1 Å². The molecule has 2 amide bonds. The lowest BCUT2D eigenvalue weighted by Crippen LogP contribution is -2.49. The average molecular weight is 1350 g/mol. The quantitative estimate of drug-likeness (QED) is 0.0154. The van der Waals surface area contributed by atoms with Crippen molar-refractivity contribution < 1.29 is 70.4 Å². The van der Waals surface area contributed by atoms with Crippen molar-refractivity contribution >= 4 is 80.3 Å². The summed E-state index contributed by atoms with van der Waals surface area (Å²) >= 11 is 6.38. The second-order valence-electron chi connectivity index (χ2n) is 24.4. The Bertz CT molecular complexity index is 4180. The van der Waals surface area contributed by atoms with Gasteiger partial charge in [0, 0.05) is 11.5 Å². The molecule has 4 aromatic carbocycles. The minimum atomic E-state index is -5.31. The van der Waals surface area contributed by atoms with Crippen LogP contribution in [0.3, 0.4) is 0 Å². The highest BCUT2D eigenvalue weighted by molar-refractivity contribution is 8.07. The molecule has 1 unspecified atom stereocenters. The third-order valence-corrected chi connectivity index (χ3v) is 25.3. The van der Waals surface area contributed by atoms with Crippen molar-refractivity contribution in [1.82, 2.24) is 39.0 Å². The lowest BCUT2D eigenvalue weighted by molar-refractivity contribution is -0.202. The van der Waals surface area contributed by atoms with Crippen LogP contribution in [-0.2, 0) is 63.7 Å². The summed E-state index contributed by atoms with van der Waals surface area (Å²) in [4.78, 5) is 88.2. The number of aromatic nitrogens is 8. The van der Waals surface area contributed by atoms with Gasteiger partial charge in [-0.15, -0.1) is 0 Å². The minimum absolute atomic E-state index is 0.0923. The van der Waals surface area contributed by atoms with E-state index in [-0.39, 0.29) is 60.3 Å². The van der Waals surface area contributed by atoms with Gasteiger partial charge in [-0.3, -0.25) is 42.9 Å². The van der Waals surface area contributed by atoms with Crippen LogP contribution < -0.4 is 25.7 Å². The third-order valence-electron chi connectivity index (χ3n) is 17.1. The Hall–Kier alpha value is -7.49. The molecule has 3 saturated heterocycles. The molecule has 9 atom stereocenters. The molecule has 0 spiro atoms. The maximum atomic E-state index is 14.3. The number of ether oxygens (including phenoxy) is 6. The maximum Gasteiger partial charge on any atom is 0.334 e. The van der Waals surface area contributed by atoms with Crippen molar-refractivity contribution in [2.75, 3.05) is 51.3 Å². The topological polar surface area (TPSA) is 339 Å². The molecule has 0 aliphatic carbocycles. The fourth-order valence-electron chi connectivity index (χ4n) is 11.2. The predicted molar refractivity (Wildman–Crippen MR) is 345 cm³/mol. The molecule has 8 aromatic rings. The van der Waals surface area contributed by atoms with Crippen LogP contribution in [0.1, 0.15) is 80.5 Å². The summed E-state index contributed by atoms with van der Waals surface area (Å²) in [5, 5.41) is 14.8. The highest BCUT2D eigenvalue weighted by atomic mass is 32.5. The zero-order valence-corrected chi connectivity index (χ0v) is 55.9. The maximum absolute atomic E-state index is 14.3. The zero-order chi connectivity index (χ0) is 66.3. The van der Waals surface area contributed by atoms with E-state index >= 15 is 0 Å². The number of carbonyl (C=O) groups excluding carboxylic acids is 2. The van der Waals surface area contributed by atoms with Crippen LogP contribution in [-0.4, -0.2) is 145 Å². The highest BCUT2D eigenvalue weighted by Crippen LogP contribution is 2.61. The number of H-pyrrole nitrogens is 1. The molecule has 0 saturated carbocycles. The molecule has 11 rings (SSSR count). The van der Waals surface area contributed by atoms with Crippen molar-refractivity contribution in [1.29, 1.82) is 5.26 Å². The first-order valence-corrected chi connectivity index (χ1v) is 36.9. The van der Waals surface area contributed by atoms with Gasteiger partial charge in [-0.25, -0.2) is 19.9 Å². The molecule has 490 valence electrons. The van der Waals surface area contributed by atoms with Gasteiger partial charge < -0.3 is 57.0 Å². The Morgan fingerprint density at radius 3 is 2.06 bits per heavy atom. The van der Waals surface area contributed by atoms with Gasteiger partial charge in [0.2, 0.25) is 11.9 Å². The molecule has 3 fully saturated rings. The van der Waals surface area contributed by atoms with Crippen LogP contribution in [0.15, 0.2) is 133 Å². The number of nitriles is 1. The highest BCUT2D eigenvalue weighted by Gasteiger charge is 2.66. The number of rotatable bonds is 25. The zero-order valence-electron chi connectivity index (χ0n) is 52.3. The number of hydrogen-bond acceptors (Lipinski definition) is 21. The molecular formula is C62H71N11O16P2SSi. The molecule has 3 aliphatic heterocycles. The summed E-state index contributed by atoms with van der Waals surface area (Å²) in [6.07, 6.45) is -4.21. The van der Waals surface area contributed by atoms with E-state index in [1.54, 1.807) is 63.0 Å². The molecule has 5 N–H and O–H groups in total. The molecule has 3 aliphatic rings. The standard InChI is InChI=1S/C62H71N11O16P2SSi/c1-37(2)54(74)70-59-69-53-46(56(76)71-59)67-36-73(53)57-47(89-93(8,9)60(3,4)5)49(90(77,78)79)44(86-57)31-85-91(92,84-30-16-29-63)88-50-48-58(72-35-66-45-51(64-34-65-52(45)72)68-55(75)38-17-12-10-13-18-38)87-61(50,32-82-48)33-83-62(39-19-14-11-15-20-39,40-21-25-42(80-6)26-22-40)41-23-27-43(81-7)28-24-41/h10-15,17-28,34-37,44,47-50,57-58H,16,30-33H2,1-9H3,(H2,77,78,79)(H,64,65,68,75)(H2,69,70,71,74,76)/t44-,47+,48-,49-,50+,57-,58-,61-,91?/m1/s1. The van der Waals surface area contributed by atoms with E-state index in [2.05, 4.69) is 46.6 Å².